The van der Waals surface area contributed by atoms with Crippen molar-refractivity contribution in [2.75, 3.05) is 33.2 Å². The lowest BCUT2D eigenvalue weighted by Gasteiger charge is -2.36. The maximum atomic E-state index is 11.1. The number of nitrogens with two attached hydrogens (primary N) is 1. The van der Waals surface area contributed by atoms with Crippen molar-refractivity contribution < 1.29 is 4.79 Å². The molecule has 1 saturated heterocycles. The number of hydrogen-bond acceptors (Lipinski definition) is 3. The van der Waals surface area contributed by atoms with Crippen LogP contribution in [0.4, 0.5) is 0 Å². The van der Waals surface area contributed by atoms with Gasteiger partial charge in [-0.15, -0.1) is 0 Å². The first-order valence-corrected chi connectivity index (χ1v) is 6.30. The van der Waals surface area contributed by atoms with E-state index in [0.717, 1.165) is 38.5 Å². The number of amides is 1. The molecule has 16 heavy (non-hydrogen) atoms. The van der Waals surface area contributed by atoms with Crippen LogP contribution in [0.3, 0.4) is 0 Å². The molecule has 0 radical (unpaired) electrons. The van der Waals surface area contributed by atoms with E-state index in [0.29, 0.717) is 12.3 Å². The van der Waals surface area contributed by atoms with Gasteiger partial charge >= 0.3 is 0 Å². The van der Waals surface area contributed by atoms with Gasteiger partial charge in [0.1, 0.15) is 0 Å². The van der Waals surface area contributed by atoms with Crippen molar-refractivity contribution in [3.8, 4) is 0 Å². The summed E-state index contributed by atoms with van der Waals surface area (Å²) in [5.74, 6) is 1.52. The normalized spacial score (nSPS) is 26.7. The van der Waals surface area contributed by atoms with E-state index in [2.05, 4.69) is 17.1 Å². The average Bonchev–Trinajstić information content (AvgIpc) is 2.31. The van der Waals surface area contributed by atoms with Crippen LogP contribution < -0.4 is 11.1 Å². The van der Waals surface area contributed by atoms with E-state index in [-0.39, 0.29) is 5.91 Å². The van der Waals surface area contributed by atoms with Crippen LogP contribution in [0.25, 0.3) is 0 Å². The maximum absolute atomic E-state index is 11.1. The molecule has 0 saturated carbocycles. The number of piperidine rings is 1. The first-order valence-electron chi connectivity index (χ1n) is 6.30. The van der Waals surface area contributed by atoms with Gasteiger partial charge in [-0.05, 0) is 44.3 Å². The Morgan fingerprint density at radius 2 is 2.31 bits per heavy atom. The van der Waals surface area contributed by atoms with Gasteiger partial charge in [0, 0.05) is 20.0 Å². The van der Waals surface area contributed by atoms with Gasteiger partial charge in [-0.1, -0.05) is 6.92 Å². The Morgan fingerprint density at radius 3 is 2.94 bits per heavy atom. The van der Waals surface area contributed by atoms with Gasteiger partial charge in [0.05, 0.1) is 0 Å². The number of carbonyl (C=O) groups excluding carboxylic acids is 1. The predicted octanol–water partition coefficient (Wildman–Crippen LogP) is 0.429. The predicted molar refractivity (Wildman–Crippen MR) is 66.1 cm³/mol. The summed E-state index contributed by atoms with van der Waals surface area (Å²) in [5, 5.41) is 2.65. The second-order valence-electron chi connectivity index (χ2n) is 4.84. The standard InChI is InChI=1S/C12H25N3O/c1-10-5-7-15(9-11(10)8-13)6-3-4-12(16)14-2/h10-11H,3-9,13H2,1-2H3,(H,14,16). The second-order valence-corrected chi connectivity index (χ2v) is 4.84. The number of rotatable bonds is 5. The highest BCUT2D eigenvalue weighted by Gasteiger charge is 2.24. The molecule has 94 valence electrons. The molecule has 0 aromatic heterocycles. The molecule has 1 aliphatic heterocycles. The third-order valence-electron chi connectivity index (χ3n) is 3.66. The lowest BCUT2D eigenvalue weighted by Crippen LogP contribution is -2.43. The second kappa shape index (κ2) is 6.86. The minimum absolute atomic E-state index is 0.140. The zero-order chi connectivity index (χ0) is 12.0. The zero-order valence-corrected chi connectivity index (χ0v) is 10.5. The molecule has 0 bridgehead atoms. The summed E-state index contributed by atoms with van der Waals surface area (Å²) >= 11 is 0. The summed E-state index contributed by atoms with van der Waals surface area (Å²) in [6.07, 6.45) is 2.82. The molecule has 2 unspecified atom stereocenters. The lowest BCUT2D eigenvalue weighted by atomic mass is 9.87. The number of likely N-dealkylation sites (tertiary alicyclic amines) is 1. The van der Waals surface area contributed by atoms with Crippen molar-refractivity contribution in [1.29, 1.82) is 0 Å². The number of hydrogen-bond donors (Lipinski definition) is 2. The molecule has 4 heteroatoms. The van der Waals surface area contributed by atoms with E-state index in [4.69, 9.17) is 5.73 Å². The third-order valence-corrected chi connectivity index (χ3v) is 3.66. The van der Waals surface area contributed by atoms with E-state index in [1.165, 1.54) is 6.42 Å². The van der Waals surface area contributed by atoms with E-state index < -0.39 is 0 Å². The van der Waals surface area contributed by atoms with Gasteiger partial charge in [0.25, 0.3) is 0 Å². The van der Waals surface area contributed by atoms with Crippen molar-refractivity contribution in [2.45, 2.75) is 26.2 Å². The quantitative estimate of drug-likeness (QED) is 0.716. The Morgan fingerprint density at radius 1 is 1.56 bits per heavy atom. The summed E-state index contributed by atoms with van der Waals surface area (Å²) < 4.78 is 0. The van der Waals surface area contributed by atoms with Gasteiger partial charge in [-0.3, -0.25) is 4.79 Å². The molecule has 0 spiro atoms. The molecule has 1 aliphatic rings. The van der Waals surface area contributed by atoms with Crippen LogP contribution in [0.1, 0.15) is 26.2 Å². The fraction of sp³-hybridized carbons (Fsp3) is 0.917. The molecule has 1 amide bonds. The molecule has 0 aromatic rings. The van der Waals surface area contributed by atoms with Crippen LogP contribution in [0, 0.1) is 11.8 Å². The van der Waals surface area contributed by atoms with Crippen LogP contribution >= 0.6 is 0 Å². The van der Waals surface area contributed by atoms with Crippen molar-refractivity contribution in [1.82, 2.24) is 10.2 Å². The zero-order valence-electron chi connectivity index (χ0n) is 10.5. The number of nitrogens with zero attached hydrogens (tertiary/aromatic N) is 1. The van der Waals surface area contributed by atoms with E-state index in [1.54, 1.807) is 7.05 Å². The van der Waals surface area contributed by atoms with Gasteiger partial charge in [-0.25, -0.2) is 0 Å². The van der Waals surface area contributed by atoms with Gasteiger partial charge in [-0.2, -0.15) is 0 Å². The first kappa shape index (κ1) is 13.5. The molecule has 1 fully saturated rings. The fourth-order valence-electron chi connectivity index (χ4n) is 2.32. The summed E-state index contributed by atoms with van der Waals surface area (Å²) in [7, 11) is 1.69. The van der Waals surface area contributed by atoms with Gasteiger partial charge in [0.2, 0.25) is 5.91 Å². The van der Waals surface area contributed by atoms with E-state index >= 15 is 0 Å². The highest BCUT2D eigenvalue weighted by molar-refractivity contribution is 5.75. The van der Waals surface area contributed by atoms with Crippen molar-refractivity contribution in [2.24, 2.45) is 17.6 Å². The van der Waals surface area contributed by atoms with Gasteiger partial charge < -0.3 is 16.0 Å². The topological polar surface area (TPSA) is 58.4 Å². The molecular formula is C12H25N3O. The van der Waals surface area contributed by atoms with Gasteiger partial charge in [0.15, 0.2) is 0 Å². The van der Waals surface area contributed by atoms with Crippen LogP contribution in [0.5, 0.6) is 0 Å². The van der Waals surface area contributed by atoms with Crippen molar-refractivity contribution in [3.05, 3.63) is 0 Å². The molecule has 3 N–H and O–H groups in total. The van der Waals surface area contributed by atoms with Crippen molar-refractivity contribution >= 4 is 5.91 Å². The molecule has 0 aliphatic carbocycles. The lowest BCUT2D eigenvalue weighted by molar-refractivity contribution is -0.120. The molecule has 0 aromatic carbocycles. The van der Waals surface area contributed by atoms with Crippen LogP contribution in [-0.4, -0.2) is 44.0 Å². The molecule has 1 rings (SSSR count). The Balaban J connectivity index is 2.20. The Kier molecular flexibility index (Phi) is 5.77. The first-order chi connectivity index (χ1) is 7.67. The van der Waals surface area contributed by atoms with Crippen LogP contribution in [0.15, 0.2) is 0 Å². The maximum Gasteiger partial charge on any atom is 0.219 e. The largest absolute Gasteiger partial charge is 0.359 e. The van der Waals surface area contributed by atoms with E-state index in [9.17, 15) is 4.79 Å². The summed E-state index contributed by atoms with van der Waals surface area (Å²) in [6.45, 7) is 6.36. The minimum atomic E-state index is 0.140. The summed E-state index contributed by atoms with van der Waals surface area (Å²) in [6, 6.07) is 0. The number of carbonyl (C=O) groups is 1. The van der Waals surface area contributed by atoms with Crippen molar-refractivity contribution in [3.63, 3.8) is 0 Å². The number of nitrogens with one attached hydrogen (secondary N) is 1. The third kappa shape index (κ3) is 4.10. The summed E-state index contributed by atoms with van der Waals surface area (Å²) in [4.78, 5) is 13.5. The Hall–Kier alpha value is -0.610. The Labute approximate surface area is 98.6 Å². The molecule has 2 atom stereocenters. The highest BCUT2D eigenvalue weighted by Crippen LogP contribution is 2.22. The minimum Gasteiger partial charge on any atom is -0.359 e. The summed E-state index contributed by atoms with van der Waals surface area (Å²) in [5.41, 5.74) is 5.76. The Bertz CT molecular complexity index is 220. The molecule has 1 heterocycles. The SMILES string of the molecule is CNC(=O)CCCN1CCC(C)C(CN)C1. The fourth-order valence-corrected chi connectivity index (χ4v) is 2.32. The van der Waals surface area contributed by atoms with Crippen LogP contribution in [0.2, 0.25) is 0 Å². The smallest absolute Gasteiger partial charge is 0.219 e. The average molecular weight is 227 g/mol. The molecular weight excluding hydrogens is 202 g/mol. The van der Waals surface area contributed by atoms with Crippen LogP contribution in [-0.2, 0) is 4.79 Å². The van der Waals surface area contributed by atoms with E-state index in [1.807, 2.05) is 0 Å². The highest BCUT2D eigenvalue weighted by atomic mass is 16.1. The molecule has 4 nitrogen and oxygen atoms in total. The monoisotopic (exact) mass is 227 g/mol.